The van der Waals surface area contributed by atoms with E-state index in [-0.39, 0.29) is 12.6 Å². The molecule has 0 aliphatic carbocycles. The van der Waals surface area contributed by atoms with Gasteiger partial charge in [-0.2, -0.15) is 5.10 Å². The second-order valence-electron chi connectivity index (χ2n) is 8.03. The fraction of sp³-hybridized carbons (Fsp3) is 0.261. The third-order valence-electron chi connectivity index (χ3n) is 5.66. The van der Waals surface area contributed by atoms with Gasteiger partial charge in [-0.05, 0) is 44.0 Å². The summed E-state index contributed by atoms with van der Waals surface area (Å²) in [7, 11) is 0. The van der Waals surface area contributed by atoms with Gasteiger partial charge in [0.25, 0.3) is 5.91 Å². The van der Waals surface area contributed by atoms with E-state index in [1.807, 2.05) is 62.4 Å². The first kappa shape index (κ1) is 21.2. The van der Waals surface area contributed by atoms with E-state index in [4.69, 9.17) is 0 Å². The number of hydrogen-bond donors (Lipinski definition) is 2. The lowest BCUT2D eigenvalue weighted by molar-refractivity contribution is -0.135. The van der Waals surface area contributed by atoms with E-state index in [0.29, 0.717) is 5.56 Å². The van der Waals surface area contributed by atoms with Crippen molar-refractivity contribution in [2.45, 2.75) is 32.4 Å². The van der Waals surface area contributed by atoms with Crippen LogP contribution in [0.15, 0.2) is 61.2 Å². The van der Waals surface area contributed by atoms with Crippen molar-refractivity contribution in [1.29, 1.82) is 0 Å². The highest BCUT2D eigenvalue weighted by atomic mass is 16.2. The smallest absolute Gasteiger partial charge is 0.325 e. The largest absolute Gasteiger partial charge is 0.348 e. The number of rotatable bonds is 6. The van der Waals surface area contributed by atoms with Gasteiger partial charge >= 0.3 is 6.03 Å². The Hall–Kier alpha value is -4.01. The molecule has 1 saturated heterocycles. The summed E-state index contributed by atoms with van der Waals surface area (Å²) < 4.78 is 1.63. The third-order valence-corrected chi connectivity index (χ3v) is 5.66. The third kappa shape index (κ3) is 3.96. The number of aryl methyl sites for hydroxylation is 1. The molecule has 9 nitrogen and oxygen atoms in total. The van der Waals surface area contributed by atoms with Gasteiger partial charge in [-0.15, -0.1) is 0 Å². The number of carbonyl (C=O) groups excluding carboxylic acids is 3. The molecule has 1 aliphatic heterocycles. The van der Waals surface area contributed by atoms with E-state index < -0.39 is 23.4 Å². The molecule has 0 spiro atoms. The SMILES string of the molecule is Cc1ccc(C2(C)NC(=O)N(CC(=O)NC(C)c3ccc(-n4cncn4)cc3)C2=O)cc1. The van der Waals surface area contributed by atoms with Crippen molar-refractivity contribution in [2.75, 3.05) is 6.54 Å². The second kappa shape index (κ2) is 8.26. The van der Waals surface area contributed by atoms with E-state index in [9.17, 15) is 14.4 Å². The molecule has 1 aromatic heterocycles. The Bertz CT molecular complexity index is 1140. The Balaban J connectivity index is 1.40. The van der Waals surface area contributed by atoms with Crippen LogP contribution in [0.3, 0.4) is 0 Å². The highest BCUT2D eigenvalue weighted by Gasteiger charge is 2.49. The number of amides is 4. The summed E-state index contributed by atoms with van der Waals surface area (Å²) in [5, 5.41) is 9.64. The summed E-state index contributed by atoms with van der Waals surface area (Å²) in [6.07, 6.45) is 3.05. The van der Waals surface area contributed by atoms with E-state index in [0.717, 1.165) is 21.7 Å². The first-order valence-electron chi connectivity index (χ1n) is 10.2. The van der Waals surface area contributed by atoms with Crippen LogP contribution in [-0.4, -0.2) is 44.1 Å². The molecule has 0 bridgehead atoms. The maximum absolute atomic E-state index is 13.0. The Labute approximate surface area is 185 Å². The number of benzene rings is 2. The number of nitrogens with one attached hydrogen (secondary N) is 2. The van der Waals surface area contributed by atoms with Gasteiger partial charge in [0.05, 0.1) is 11.7 Å². The van der Waals surface area contributed by atoms with Gasteiger partial charge in [0.1, 0.15) is 24.7 Å². The molecular weight excluding hydrogens is 408 g/mol. The molecule has 164 valence electrons. The van der Waals surface area contributed by atoms with E-state index >= 15 is 0 Å². The molecule has 4 rings (SSSR count). The van der Waals surface area contributed by atoms with E-state index in [2.05, 4.69) is 20.7 Å². The molecule has 2 heterocycles. The average Bonchev–Trinajstić information content (AvgIpc) is 3.38. The Morgan fingerprint density at radius 1 is 1.12 bits per heavy atom. The molecule has 2 N–H and O–H groups in total. The first-order valence-corrected chi connectivity index (χ1v) is 10.2. The molecule has 32 heavy (non-hydrogen) atoms. The lowest BCUT2D eigenvalue weighted by Crippen LogP contribution is -2.43. The molecule has 0 saturated carbocycles. The van der Waals surface area contributed by atoms with E-state index in [1.54, 1.807) is 17.9 Å². The molecule has 0 radical (unpaired) electrons. The summed E-state index contributed by atoms with van der Waals surface area (Å²) in [5.74, 6) is -0.874. The number of imide groups is 1. The van der Waals surface area contributed by atoms with E-state index in [1.165, 1.54) is 6.33 Å². The summed E-state index contributed by atoms with van der Waals surface area (Å²) in [6, 6.07) is 14.0. The normalized spacial score (nSPS) is 19.0. The van der Waals surface area contributed by atoms with Crippen LogP contribution < -0.4 is 10.6 Å². The molecule has 2 unspecified atom stereocenters. The van der Waals surface area contributed by atoms with Gasteiger partial charge in [-0.1, -0.05) is 42.0 Å². The molecule has 2 atom stereocenters. The van der Waals surface area contributed by atoms with Crippen LogP contribution >= 0.6 is 0 Å². The van der Waals surface area contributed by atoms with Gasteiger partial charge in [-0.3, -0.25) is 14.5 Å². The van der Waals surface area contributed by atoms with Crippen molar-refractivity contribution in [3.63, 3.8) is 0 Å². The van der Waals surface area contributed by atoms with Gasteiger partial charge in [0.2, 0.25) is 5.91 Å². The second-order valence-corrected chi connectivity index (χ2v) is 8.03. The lowest BCUT2D eigenvalue weighted by atomic mass is 9.91. The Morgan fingerprint density at radius 3 is 2.44 bits per heavy atom. The quantitative estimate of drug-likeness (QED) is 0.581. The number of nitrogens with zero attached hydrogens (tertiary/aromatic N) is 4. The summed E-state index contributed by atoms with van der Waals surface area (Å²) >= 11 is 0. The number of aromatic nitrogens is 3. The van der Waals surface area contributed by atoms with Crippen LogP contribution in [0.5, 0.6) is 0 Å². The predicted octanol–water partition coefficient (Wildman–Crippen LogP) is 2.22. The fourth-order valence-corrected chi connectivity index (χ4v) is 3.69. The predicted molar refractivity (Wildman–Crippen MR) is 117 cm³/mol. The molecule has 1 aliphatic rings. The first-order chi connectivity index (χ1) is 15.3. The van der Waals surface area contributed by atoms with Crippen molar-refractivity contribution in [1.82, 2.24) is 30.3 Å². The van der Waals surface area contributed by atoms with Crippen LogP contribution in [0, 0.1) is 6.92 Å². The van der Waals surface area contributed by atoms with Crippen LogP contribution in [0.25, 0.3) is 5.69 Å². The topological polar surface area (TPSA) is 109 Å². The lowest BCUT2D eigenvalue weighted by Gasteiger charge is -2.22. The standard InChI is InChI=1S/C23H24N6O3/c1-15-4-8-18(9-5-15)23(3)21(31)28(22(32)27-23)12-20(30)26-16(2)17-6-10-19(11-7-17)29-14-24-13-25-29/h4-11,13-14,16H,12H2,1-3H3,(H,26,30)(H,27,32). The van der Waals surface area contributed by atoms with Crippen LogP contribution in [0.1, 0.15) is 36.6 Å². The van der Waals surface area contributed by atoms with Crippen molar-refractivity contribution in [2.24, 2.45) is 0 Å². The zero-order valence-electron chi connectivity index (χ0n) is 18.1. The monoisotopic (exact) mass is 432 g/mol. The van der Waals surface area contributed by atoms with Crippen LogP contribution in [0.4, 0.5) is 4.79 Å². The van der Waals surface area contributed by atoms with Crippen molar-refractivity contribution in [3.05, 3.63) is 77.9 Å². The minimum Gasteiger partial charge on any atom is -0.348 e. The molecule has 3 aromatic rings. The minimum absolute atomic E-state index is 0.309. The number of carbonyl (C=O) groups is 3. The maximum atomic E-state index is 13.0. The minimum atomic E-state index is -1.20. The van der Waals surface area contributed by atoms with Gasteiger partial charge in [0, 0.05) is 0 Å². The Kier molecular flexibility index (Phi) is 5.48. The average molecular weight is 432 g/mol. The van der Waals surface area contributed by atoms with Crippen LogP contribution in [-0.2, 0) is 15.1 Å². The fourth-order valence-electron chi connectivity index (χ4n) is 3.69. The van der Waals surface area contributed by atoms with Crippen LogP contribution in [0.2, 0.25) is 0 Å². The number of urea groups is 1. The summed E-state index contributed by atoms with van der Waals surface area (Å²) in [5.41, 5.74) is 2.25. The summed E-state index contributed by atoms with van der Waals surface area (Å²) in [4.78, 5) is 43.0. The highest BCUT2D eigenvalue weighted by Crippen LogP contribution is 2.29. The molecule has 4 amide bonds. The van der Waals surface area contributed by atoms with Gasteiger partial charge in [0.15, 0.2) is 0 Å². The summed E-state index contributed by atoms with van der Waals surface area (Å²) in [6.45, 7) is 5.08. The van der Waals surface area contributed by atoms with Crippen molar-refractivity contribution >= 4 is 17.8 Å². The van der Waals surface area contributed by atoms with Gasteiger partial charge < -0.3 is 10.6 Å². The van der Waals surface area contributed by atoms with Gasteiger partial charge in [-0.25, -0.2) is 14.5 Å². The Morgan fingerprint density at radius 2 is 1.81 bits per heavy atom. The van der Waals surface area contributed by atoms with Crippen molar-refractivity contribution < 1.29 is 14.4 Å². The molecule has 1 fully saturated rings. The highest BCUT2D eigenvalue weighted by molar-refractivity contribution is 6.09. The molecule has 2 aromatic carbocycles. The number of hydrogen-bond acceptors (Lipinski definition) is 5. The molecular formula is C23H24N6O3. The molecule has 9 heteroatoms. The van der Waals surface area contributed by atoms with Crippen molar-refractivity contribution in [3.8, 4) is 5.69 Å². The zero-order chi connectivity index (χ0) is 22.9. The zero-order valence-corrected chi connectivity index (χ0v) is 18.1. The maximum Gasteiger partial charge on any atom is 0.325 e.